The molecule has 1 aliphatic heterocycles. The van der Waals surface area contributed by atoms with E-state index in [0.717, 1.165) is 21.8 Å². The molecule has 0 radical (unpaired) electrons. The van der Waals surface area contributed by atoms with E-state index in [1.807, 2.05) is 41.3 Å². The largest absolute Gasteiger partial charge is 0.473 e. The Hall–Kier alpha value is -1.40. The summed E-state index contributed by atoms with van der Waals surface area (Å²) >= 11 is 6.88. The molecular weight excluding hydrogens is 424 g/mol. The first-order valence-corrected chi connectivity index (χ1v) is 9.04. The van der Waals surface area contributed by atoms with Crippen LogP contribution in [0, 0.1) is 0 Å². The summed E-state index contributed by atoms with van der Waals surface area (Å²) in [5.74, 6) is 0.679. The van der Waals surface area contributed by atoms with Crippen LogP contribution in [0.25, 0.3) is 0 Å². The Morgan fingerprint density at radius 1 is 1.09 bits per heavy atom. The first-order chi connectivity index (χ1) is 11.1. The Kier molecular flexibility index (Phi) is 5.33. The lowest BCUT2D eigenvalue weighted by Crippen LogP contribution is -2.42. The molecule has 0 unspecified atom stereocenters. The molecular formula is C17H16Br2N2O2. The number of ether oxygens (including phenoxy) is 1. The predicted octanol–water partition coefficient (Wildman–Crippen LogP) is 4.29. The maximum absolute atomic E-state index is 12.6. The Bertz CT molecular complexity index is 700. The fourth-order valence-corrected chi connectivity index (χ4v) is 3.40. The first kappa shape index (κ1) is 16.5. The molecule has 1 aromatic heterocycles. The zero-order chi connectivity index (χ0) is 16.2. The van der Waals surface area contributed by atoms with Crippen molar-refractivity contribution in [3.05, 3.63) is 57.1 Å². The molecule has 2 aromatic rings. The van der Waals surface area contributed by atoms with E-state index in [0.29, 0.717) is 24.5 Å². The van der Waals surface area contributed by atoms with E-state index >= 15 is 0 Å². The molecule has 0 aliphatic carbocycles. The molecule has 4 nitrogen and oxygen atoms in total. The summed E-state index contributed by atoms with van der Waals surface area (Å²) in [5, 5.41) is 0. The molecule has 1 amide bonds. The molecule has 0 bridgehead atoms. The molecule has 23 heavy (non-hydrogen) atoms. The lowest BCUT2D eigenvalue weighted by Gasteiger charge is -2.32. The van der Waals surface area contributed by atoms with Gasteiger partial charge in [-0.3, -0.25) is 4.79 Å². The van der Waals surface area contributed by atoms with Crippen molar-refractivity contribution in [2.24, 2.45) is 0 Å². The second-order valence-electron chi connectivity index (χ2n) is 5.38. The maximum Gasteiger partial charge on any atom is 0.255 e. The molecule has 0 spiro atoms. The van der Waals surface area contributed by atoms with Crippen LogP contribution < -0.4 is 4.74 Å². The van der Waals surface area contributed by atoms with Crippen molar-refractivity contribution in [2.75, 3.05) is 13.1 Å². The van der Waals surface area contributed by atoms with E-state index in [2.05, 4.69) is 36.8 Å². The number of rotatable bonds is 3. The molecule has 3 rings (SSSR count). The highest BCUT2D eigenvalue weighted by Crippen LogP contribution is 2.26. The summed E-state index contributed by atoms with van der Waals surface area (Å²) < 4.78 is 7.63. The average molecular weight is 440 g/mol. The third kappa shape index (κ3) is 3.93. The second kappa shape index (κ2) is 7.45. The highest BCUT2D eigenvalue weighted by molar-refractivity contribution is 9.10. The van der Waals surface area contributed by atoms with Gasteiger partial charge in [0, 0.05) is 36.6 Å². The third-order valence-corrected chi connectivity index (χ3v) is 5.13. The van der Waals surface area contributed by atoms with Crippen molar-refractivity contribution < 1.29 is 9.53 Å². The molecule has 0 atom stereocenters. The quantitative estimate of drug-likeness (QED) is 0.716. The Labute approximate surface area is 152 Å². The standard InChI is InChI=1S/C17H16Br2N2O2/c18-14-5-2-1-4-13(14)17(22)21-10-7-12(8-11-21)23-16-15(19)6-3-9-20-16/h1-6,9,12H,7-8,10-11H2. The Morgan fingerprint density at radius 3 is 2.48 bits per heavy atom. The third-order valence-electron chi connectivity index (χ3n) is 3.84. The summed E-state index contributed by atoms with van der Waals surface area (Å²) in [7, 11) is 0. The number of likely N-dealkylation sites (tertiary alicyclic amines) is 1. The minimum Gasteiger partial charge on any atom is -0.473 e. The van der Waals surface area contributed by atoms with Gasteiger partial charge in [0.15, 0.2) is 0 Å². The summed E-state index contributed by atoms with van der Waals surface area (Å²) in [5.41, 5.74) is 0.708. The number of carbonyl (C=O) groups excluding carboxylic acids is 1. The molecule has 120 valence electrons. The lowest BCUT2D eigenvalue weighted by atomic mass is 10.1. The highest BCUT2D eigenvalue weighted by atomic mass is 79.9. The minimum atomic E-state index is 0.0648. The number of nitrogens with zero attached hydrogens (tertiary/aromatic N) is 2. The number of benzene rings is 1. The van der Waals surface area contributed by atoms with Crippen molar-refractivity contribution in [2.45, 2.75) is 18.9 Å². The zero-order valence-corrected chi connectivity index (χ0v) is 15.6. The van der Waals surface area contributed by atoms with Gasteiger partial charge in [-0.05, 0) is 56.1 Å². The van der Waals surface area contributed by atoms with Gasteiger partial charge in [0.05, 0.1) is 10.0 Å². The van der Waals surface area contributed by atoms with Crippen molar-refractivity contribution in [1.29, 1.82) is 0 Å². The smallest absolute Gasteiger partial charge is 0.255 e. The van der Waals surface area contributed by atoms with Gasteiger partial charge in [-0.1, -0.05) is 12.1 Å². The number of piperidine rings is 1. The fourth-order valence-electron chi connectivity index (χ4n) is 2.60. The molecule has 0 N–H and O–H groups in total. The SMILES string of the molecule is O=C(c1ccccc1Br)N1CCC(Oc2ncccc2Br)CC1. The van der Waals surface area contributed by atoms with Crippen LogP contribution in [0.3, 0.4) is 0 Å². The van der Waals surface area contributed by atoms with Gasteiger partial charge in [0.1, 0.15) is 6.10 Å². The lowest BCUT2D eigenvalue weighted by molar-refractivity contribution is 0.0585. The van der Waals surface area contributed by atoms with E-state index < -0.39 is 0 Å². The summed E-state index contributed by atoms with van der Waals surface area (Å²) in [6.45, 7) is 1.38. The number of amides is 1. The van der Waals surface area contributed by atoms with E-state index in [9.17, 15) is 4.79 Å². The second-order valence-corrected chi connectivity index (χ2v) is 7.09. The van der Waals surface area contributed by atoms with Crippen molar-refractivity contribution in [1.82, 2.24) is 9.88 Å². The Balaban J connectivity index is 1.59. The molecule has 1 saturated heterocycles. The van der Waals surface area contributed by atoms with Crippen LogP contribution in [0.15, 0.2) is 51.5 Å². The highest BCUT2D eigenvalue weighted by Gasteiger charge is 2.26. The van der Waals surface area contributed by atoms with Crippen LogP contribution in [0.5, 0.6) is 5.88 Å². The van der Waals surface area contributed by atoms with Crippen molar-refractivity contribution >= 4 is 37.8 Å². The van der Waals surface area contributed by atoms with Crippen molar-refractivity contribution in [3.63, 3.8) is 0 Å². The Morgan fingerprint density at radius 2 is 1.78 bits per heavy atom. The number of hydrogen-bond donors (Lipinski definition) is 0. The molecule has 1 aromatic carbocycles. The number of hydrogen-bond acceptors (Lipinski definition) is 3. The van der Waals surface area contributed by atoms with E-state index in [-0.39, 0.29) is 12.0 Å². The van der Waals surface area contributed by atoms with Crippen LogP contribution in [0.2, 0.25) is 0 Å². The topological polar surface area (TPSA) is 42.4 Å². The molecule has 0 saturated carbocycles. The van der Waals surface area contributed by atoms with Gasteiger partial charge < -0.3 is 9.64 Å². The zero-order valence-electron chi connectivity index (χ0n) is 12.4. The predicted molar refractivity (Wildman–Crippen MR) is 95.6 cm³/mol. The van der Waals surface area contributed by atoms with Crippen LogP contribution >= 0.6 is 31.9 Å². The minimum absolute atomic E-state index is 0.0648. The van der Waals surface area contributed by atoms with Gasteiger partial charge in [-0.2, -0.15) is 0 Å². The van der Waals surface area contributed by atoms with Crippen LogP contribution in [-0.2, 0) is 0 Å². The molecule has 2 heterocycles. The number of halogens is 2. The van der Waals surface area contributed by atoms with Gasteiger partial charge in [-0.15, -0.1) is 0 Å². The normalized spacial score (nSPS) is 15.5. The number of pyridine rings is 1. The molecule has 1 aliphatic rings. The first-order valence-electron chi connectivity index (χ1n) is 7.46. The number of carbonyl (C=O) groups is 1. The average Bonchev–Trinajstić information content (AvgIpc) is 2.57. The van der Waals surface area contributed by atoms with E-state index in [1.54, 1.807) is 6.20 Å². The monoisotopic (exact) mass is 438 g/mol. The summed E-state index contributed by atoms with van der Waals surface area (Å²) in [6.07, 6.45) is 3.41. The molecule has 1 fully saturated rings. The fraction of sp³-hybridized carbons (Fsp3) is 0.294. The van der Waals surface area contributed by atoms with E-state index in [4.69, 9.17) is 4.74 Å². The van der Waals surface area contributed by atoms with Gasteiger partial charge in [0.25, 0.3) is 5.91 Å². The van der Waals surface area contributed by atoms with Gasteiger partial charge >= 0.3 is 0 Å². The van der Waals surface area contributed by atoms with Crippen LogP contribution in [0.4, 0.5) is 0 Å². The van der Waals surface area contributed by atoms with Crippen molar-refractivity contribution in [3.8, 4) is 5.88 Å². The molecule has 6 heteroatoms. The number of aromatic nitrogens is 1. The van der Waals surface area contributed by atoms with Crippen LogP contribution in [-0.4, -0.2) is 35.0 Å². The van der Waals surface area contributed by atoms with Gasteiger partial charge in [0.2, 0.25) is 5.88 Å². The van der Waals surface area contributed by atoms with Gasteiger partial charge in [-0.25, -0.2) is 4.98 Å². The summed E-state index contributed by atoms with van der Waals surface area (Å²) in [6, 6.07) is 11.3. The van der Waals surface area contributed by atoms with Crippen LogP contribution in [0.1, 0.15) is 23.2 Å². The maximum atomic E-state index is 12.6. The summed E-state index contributed by atoms with van der Waals surface area (Å²) in [4.78, 5) is 18.7. The van der Waals surface area contributed by atoms with E-state index in [1.165, 1.54) is 0 Å².